The normalized spacial score (nSPS) is 29.3. The van der Waals surface area contributed by atoms with Crippen molar-refractivity contribution in [3.05, 3.63) is 0 Å². The summed E-state index contributed by atoms with van der Waals surface area (Å²) in [6.07, 6.45) is 8.13. The molecule has 1 aliphatic heterocycles. The lowest BCUT2D eigenvalue weighted by Crippen LogP contribution is -2.46. The number of hydrogen-bond donors (Lipinski definition) is 1. The van der Waals surface area contributed by atoms with Gasteiger partial charge in [0.2, 0.25) is 0 Å². The van der Waals surface area contributed by atoms with Gasteiger partial charge in [-0.05, 0) is 38.5 Å². The van der Waals surface area contributed by atoms with Gasteiger partial charge in [0.05, 0.1) is 6.61 Å². The molecule has 0 aromatic rings. The number of urea groups is 1. The minimum absolute atomic E-state index is 0.00240. The third kappa shape index (κ3) is 3.51. The van der Waals surface area contributed by atoms with Gasteiger partial charge in [0.15, 0.2) is 5.79 Å². The molecular formula is C16H28N2O3. The third-order valence-corrected chi connectivity index (χ3v) is 5.25. The van der Waals surface area contributed by atoms with E-state index in [1.165, 1.54) is 32.1 Å². The first-order valence-corrected chi connectivity index (χ1v) is 8.42. The lowest BCUT2D eigenvalue weighted by Gasteiger charge is -2.32. The van der Waals surface area contributed by atoms with Crippen molar-refractivity contribution in [3.63, 3.8) is 0 Å². The molecule has 2 aliphatic carbocycles. The highest BCUT2D eigenvalue weighted by Gasteiger charge is 2.42. The molecule has 5 heteroatoms. The molecule has 0 bridgehead atoms. The highest BCUT2D eigenvalue weighted by Crippen LogP contribution is 2.37. The summed E-state index contributed by atoms with van der Waals surface area (Å²) < 4.78 is 12.0. The first-order valence-electron chi connectivity index (χ1n) is 8.42. The Hall–Kier alpha value is -0.810. The molecule has 3 fully saturated rings. The van der Waals surface area contributed by atoms with Crippen LogP contribution in [0.5, 0.6) is 0 Å². The van der Waals surface area contributed by atoms with Gasteiger partial charge in [-0.25, -0.2) is 4.79 Å². The first kappa shape index (κ1) is 15.1. The standard InChI is InChI=1S/C16H28N2O3/c1-12(13-6-7-13)18(2)15(19)17-10-14-11-20-16(21-14)8-4-3-5-9-16/h12-14H,3-11H2,1-2H3,(H,17,19)/t12-,14-/m1/s1. The molecular weight excluding hydrogens is 268 g/mol. The SMILES string of the molecule is C[C@H](C1CC1)N(C)C(=O)NC[C@@H]1COC2(CCCCC2)O1. The van der Waals surface area contributed by atoms with Gasteiger partial charge in [0, 0.05) is 32.5 Å². The zero-order valence-corrected chi connectivity index (χ0v) is 13.3. The number of nitrogens with one attached hydrogen (secondary N) is 1. The van der Waals surface area contributed by atoms with Crippen LogP contribution in [0.1, 0.15) is 51.9 Å². The molecule has 0 aromatic heterocycles. The molecule has 2 amide bonds. The highest BCUT2D eigenvalue weighted by atomic mass is 16.7. The van der Waals surface area contributed by atoms with Gasteiger partial charge in [0.25, 0.3) is 0 Å². The van der Waals surface area contributed by atoms with Crippen LogP contribution < -0.4 is 5.32 Å². The predicted octanol–water partition coefficient (Wildman–Crippen LogP) is 2.50. The van der Waals surface area contributed by atoms with Crippen LogP contribution in [0.25, 0.3) is 0 Å². The number of ether oxygens (including phenoxy) is 2. The Bertz CT molecular complexity index is 378. The monoisotopic (exact) mass is 296 g/mol. The molecule has 21 heavy (non-hydrogen) atoms. The van der Waals surface area contributed by atoms with E-state index in [1.54, 1.807) is 0 Å². The minimum atomic E-state index is -0.346. The Labute approximate surface area is 127 Å². The second-order valence-electron chi connectivity index (χ2n) is 6.90. The molecule has 1 spiro atoms. The number of carbonyl (C=O) groups excluding carboxylic acids is 1. The van der Waals surface area contributed by atoms with Crippen LogP contribution in [-0.2, 0) is 9.47 Å². The van der Waals surface area contributed by atoms with Crippen molar-refractivity contribution in [2.45, 2.75) is 69.8 Å². The van der Waals surface area contributed by atoms with E-state index in [1.807, 2.05) is 11.9 Å². The second kappa shape index (κ2) is 6.13. The largest absolute Gasteiger partial charge is 0.347 e. The van der Waals surface area contributed by atoms with Crippen molar-refractivity contribution >= 4 is 6.03 Å². The van der Waals surface area contributed by atoms with Gasteiger partial charge in [0.1, 0.15) is 6.10 Å². The van der Waals surface area contributed by atoms with Gasteiger partial charge < -0.3 is 19.7 Å². The van der Waals surface area contributed by atoms with Crippen LogP contribution in [-0.4, -0.2) is 49.1 Å². The van der Waals surface area contributed by atoms with Crippen molar-refractivity contribution in [2.24, 2.45) is 5.92 Å². The second-order valence-corrected chi connectivity index (χ2v) is 6.90. The summed E-state index contributed by atoms with van der Waals surface area (Å²) in [6.45, 7) is 3.27. The summed E-state index contributed by atoms with van der Waals surface area (Å²) >= 11 is 0. The molecule has 2 saturated carbocycles. The lowest BCUT2D eigenvalue weighted by atomic mass is 9.94. The Morgan fingerprint density at radius 3 is 2.71 bits per heavy atom. The average molecular weight is 296 g/mol. The van der Waals surface area contributed by atoms with Crippen molar-refractivity contribution in [2.75, 3.05) is 20.2 Å². The third-order valence-electron chi connectivity index (χ3n) is 5.25. The molecule has 1 heterocycles. The Morgan fingerprint density at radius 1 is 1.33 bits per heavy atom. The van der Waals surface area contributed by atoms with Crippen molar-refractivity contribution < 1.29 is 14.3 Å². The lowest BCUT2D eigenvalue weighted by molar-refractivity contribution is -0.186. The molecule has 2 atom stereocenters. The van der Waals surface area contributed by atoms with E-state index in [0.717, 1.165) is 12.8 Å². The van der Waals surface area contributed by atoms with Crippen molar-refractivity contribution in [1.82, 2.24) is 10.2 Å². The number of nitrogens with zero attached hydrogens (tertiary/aromatic N) is 1. The minimum Gasteiger partial charge on any atom is -0.347 e. The summed E-state index contributed by atoms with van der Waals surface area (Å²) in [4.78, 5) is 14.0. The number of hydrogen-bond acceptors (Lipinski definition) is 3. The maximum atomic E-state index is 12.2. The van der Waals surface area contributed by atoms with E-state index in [2.05, 4.69) is 12.2 Å². The Morgan fingerprint density at radius 2 is 2.05 bits per heavy atom. The summed E-state index contributed by atoms with van der Waals surface area (Å²) in [5.74, 6) is 0.346. The zero-order chi connectivity index (χ0) is 14.9. The van der Waals surface area contributed by atoms with Crippen molar-refractivity contribution in [3.8, 4) is 0 Å². The molecule has 3 rings (SSSR count). The molecule has 1 saturated heterocycles. The quantitative estimate of drug-likeness (QED) is 0.867. The summed E-state index contributed by atoms with van der Waals surface area (Å²) in [6, 6.07) is 0.332. The fourth-order valence-corrected chi connectivity index (χ4v) is 3.48. The van der Waals surface area contributed by atoms with E-state index < -0.39 is 0 Å². The fourth-order valence-electron chi connectivity index (χ4n) is 3.48. The van der Waals surface area contributed by atoms with Gasteiger partial charge in [-0.15, -0.1) is 0 Å². The number of rotatable bonds is 4. The smallest absolute Gasteiger partial charge is 0.317 e. The van der Waals surface area contributed by atoms with Crippen LogP contribution in [0.15, 0.2) is 0 Å². The van der Waals surface area contributed by atoms with Crippen LogP contribution in [0.2, 0.25) is 0 Å². The topological polar surface area (TPSA) is 50.8 Å². The molecule has 0 unspecified atom stereocenters. The van der Waals surface area contributed by atoms with E-state index in [-0.39, 0.29) is 17.9 Å². The maximum Gasteiger partial charge on any atom is 0.317 e. The molecule has 0 radical (unpaired) electrons. The van der Waals surface area contributed by atoms with Crippen LogP contribution in [0, 0.1) is 5.92 Å². The average Bonchev–Trinajstić information content (AvgIpc) is 3.28. The molecule has 5 nitrogen and oxygen atoms in total. The maximum absolute atomic E-state index is 12.2. The summed E-state index contributed by atoms with van der Waals surface area (Å²) in [5, 5.41) is 2.99. The van der Waals surface area contributed by atoms with Gasteiger partial charge in [-0.1, -0.05) is 6.42 Å². The van der Waals surface area contributed by atoms with Crippen LogP contribution in [0.4, 0.5) is 4.79 Å². The van der Waals surface area contributed by atoms with Crippen LogP contribution >= 0.6 is 0 Å². The summed E-state index contributed by atoms with van der Waals surface area (Å²) in [5.41, 5.74) is 0. The van der Waals surface area contributed by atoms with Gasteiger partial charge in [-0.2, -0.15) is 0 Å². The predicted molar refractivity (Wildman–Crippen MR) is 80.0 cm³/mol. The van der Waals surface area contributed by atoms with E-state index >= 15 is 0 Å². The number of amides is 2. The molecule has 1 N–H and O–H groups in total. The number of carbonyl (C=O) groups is 1. The van der Waals surface area contributed by atoms with E-state index in [4.69, 9.17) is 9.47 Å². The zero-order valence-electron chi connectivity index (χ0n) is 13.3. The molecule has 0 aromatic carbocycles. The molecule has 3 aliphatic rings. The van der Waals surface area contributed by atoms with E-state index in [9.17, 15) is 4.79 Å². The fraction of sp³-hybridized carbons (Fsp3) is 0.938. The highest BCUT2D eigenvalue weighted by molar-refractivity contribution is 5.74. The Kier molecular flexibility index (Phi) is 4.41. The molecule has 120 valence electrons. The summed E-state index contributed by atoms with van der Waals surface area (Å²) in [7, 11) is 1.88. The Balaban J connectivity index is 1.42. The van der Waals surface area contributed by atoms with Crippen LogP contribution in [0.3, 0.4) is 0 Å². The van der Waals surface area contributed by atoms with E-state index in [0.29, 0.717) is 25.1 Å². The van der Waals surface area contributed by atoms with Gasteiger partial charge in [-0.3, -0.25) is 0 Å². The van der Waals surface area contributed by atoms with Gasteiger partial charge >= 0.3 is 6.03 Å². The van der Waals surface area contributed by atoms with Crippen molar-refractivity contribution in [1.29, 1.82) is 0 Å². The first-order chi connectivity index (χ1) is 10.1.